The van der Waals surface area contributed by atoms with Crippen LogP contribution in [0.3, 0.4) is 0 Å². The molecule has 0 aliphatic carbocycles. The molecule has 3 rings (SSSR count). The molecule has 2 aromatic rings. The highest BCUT2D eigenvalue weighted by Crippen LogP contribution is 2.25. The van der Waals surface area contributed by atoms with Crippen molar-refractivity contribution in [2.24, 2.45) is 0 Å². The van der Waals surface area contributed by atoms with Crippen LogP contribution in [0.15, 0.2) is 17.5 Å². The zero-order valence-corrected chi connectivity index (χ0v) is 16.2. The van der Waals surface area contributed by atoms with E-state index in [1.54, 1.807) is 25.2 Å². The number of carbonyl (C=O) groups excluding carboxylic acids is 1. The molecule has 2 aromatic heterocycles. The quantitative estimate of drug-likeness (QED) is 0.567. The summed E-state index contributed by atoms with van der Waals surface area (Å²) in [6, 6.07) is 4.17. The fourth-order valence-electron chi connectivity index (χ4n) is 3.29. The highest BCUT2D eigenvalue weighted by Gasteiger charge is 2.25. The van der Waals surface area contributed by atoms with Gasteiger partial charge in [0.2, 0.25) is 5.91 Å². The molecule has 9 nitrogen and oxygen atoms in total. The number of rotatable bonds is 7. The molecular weight excluding hydrogens is 370 g/mol. The van der Waals surface area contributed by atoms with Crippen molar-refractivity contribution < 1.29 is 14.5 Å². The van der Waals surface area contributed by atoms with Gasteiger partial charge in [0.25, 0.3) is 0 Å². The molecule has 1 fully saturated rings. The Hall–Kier alpha value is -2.30. The lowest BCUT2D eigenvalue weighted by Gasteiger charge is -2.34. The average molecular weight is 393 g/mol. The van der Waals surface area contributed by atoms with E-state index >= 15 is 0 Å². The van der Waals surface area contributed by atoms with Crippen LogP contribution >= 0.6 is 11.3 Å². The van der Waals surface area contributed by atoms with Crippen molar-refractivity contribution in [3.05, 3.63) is 43.9 Å². The molecule has 1 amide bonds. The summed E-state index contributed by atoms with van der Waals surface area (Å²) in [5, 5.41) is 20.2. The first-order valence-corrected chi connectivity index (χ1v) is 9.65. The monoisotopic (exact) mass is 393 g/mol. The van der Waals surface area contributed by atoms with Gasteiger partial charge in [-0.2, -0.15) is 5.10 Å². The van der Waals surface area contributed by atoms with Gasteiger partial charge in [0.15, 0.2) is 0 Å². The Bertz CT molecular complexity index is 799. The van der Waals surface area contributed by atoms with E-state index in [2.05, 4.69) is 21.4 Å². The lowest BCUT2D eigenvalue weighted by Crippen LogP contribution is -2.44. The van der Waals surface area contributed by atoms with Crippen molar-refractivity contribution in [2.75, 3.05) is 32.8 Å². The van der Waals surface area contributed by atoms with Crippen molar-refractivity contribution in [1.82, 2.24) is 20.0 Å². The number of ether oxygens (including phenoxy) is 1. The van der Waals surface area contributed by atoms with Crippen LogP contribution in [0.25, 0.3) is 0 Å². The van der Waals surface area contributed by atoms with Gasteiger partial charge in [-0.25, -0.2) is 0 Å². The van der Waals surface area contributed by atoms with Crippen LogP contribution in [0.1, 0.15) is 22.3 Å². The first-order chi connectivity index (χ1) is 13.0. The van der Waals surface area contributed by atoms with Crippen LogP contribution in [0.4, 0.5) is 5.69 Å². The maximum absolute atomic E-state index is 12.4. The summed E-state index contributed by atoms with van der Waals surface area (Å²) in [6.07, 6.45) is 0. The van der Waals surface area contributed by atoms with Crippen LogP contribution in [0, 0.1) is 24.0 Å². The number of carbonyl (C=O) groups is 1. The normalized spacial score (nSPS) is 16.2. The van der Waals surface area contributed by atoms with Gasteiger partial charge in [-0.15, -0.1) is 11.3 Å². The van der Waals surface area contributed by atoms with Gasteiger partial charge in [0.1, 0.15) is 17.9 Å². The average Bonchev–Trinajstić information content (AvgIpc) is 3.25. The summed E-state index contributed by atoms with van der Waals surface area (Å²) >= 11 is 1.66. The van der Waals surface area contributed by atoms with E-state index < -0.39 is 4.92 Å². The predicted octanol–water partition coefficient (Wildman–Crippen LogP) is 1.66. The molecule has 27 heavy (non-hydrogen) atoms. The lowest BCUT2D eigenvalue weighted by atomic mass is 10.2. The van der Waals surface area contributed by atoms with E-state index in [9.17, 15) is 14.9 Å². The molecule has 10 heteroatoms. The molecular formula is C17H23N5O4S. The van der Waals surface area contributed by atoms with Gasteiger partial charge in [-0.05, 0) is 25.3 Å². The van der Waals surface area contributed by atoms with E-state index in [0.29, 0.717) is 31.1 Å². The fraction of sp³-hybridized carbons (Fsp3) is 0.529. The number of morpholine rings is 1. The zero-order chi connectivity index (χ0) is 19.4. The second kappa shape index (κ2) is 8.59. The predicted molar refractivity (Wildman–Crippen MR) is 101 cm³/mol. The molecule has 0 saturated carbocycles. The number of nitrogens with zero attached hydrogens (tertiary/aromatic N) is 4. The van der Waals surface area contributed by atoms with Gasteiger partial charge in [-0.1, -0.05) is 6.07 Å². The maximum atomic E-state index is 12.4. The Kier molecular flexibility index (Phi) is 6.19. The molecule has 1 saturated heterocycles. The fourth-order valence-corrected chi connectivity index (χ4v) is 4.15. The highest BCUT2D eigenvalue weighted by atomic mass is 32.1. The van der Waals surface area contributed by atoms with Crippen molar-refractivity contribution in [2.45, 2.75) is 26.4 Å². The number of hydrogen-bond donors (Lipinski definition) is 1. The molecule has 1 aliphatic rings. The largest absolute Gasteiger partial charge is 0.379 e. The van der Waals surface area contributed by atoms with Gasteiger partial charge in [0.05, 0.1) is 24.2 Å². The number of thiophene rings is 1. The van der Waals surface area contributed by atoms with Crippen LogP contribution in [-0.2, 0) is 16.1 Å². The van der Waals surface area contributed by atoms with E-state index in [-0.39, 0.29) is 24.2 Å². The van der Waals surface area contributed by atoms with Crippen molar-refractivity contribution in [1.29, 1.82) is 0 Å². The number of aryl methyl sites for hydroxylation is 1. The first kappa shape index (κ1) is 19.5. The van der Waals surface area contributed by atoms with Crippen molar-refractivity contribution in [3.63, 3.8) is 0 Å². The number of nitro groups is 1. The molecule has 1 N–H and O–H groups in total. The van der Waals surface area contributed by atoms with E-state index in [1.165, 1.54) is 9.56 Å². The van der Waals surface area contributed by atoms with Crippen molar-refractivity contribution in [3.8, 4) is 0 Å². The summed E-state index contributed by atoms with van der Waals surface area (Å²) in [5.74, 6) is -0.217. The van der Waals surface area contributed by atoms with Crippen LogP contribution in [0.2, 0.25) is 0 Å². The second-order valence-corrected chi connectivity index (χ2v) is 7.40. The zero-order valence-electron chi connectivity index (χ0n) is 15.4. The molecule has 0 bridgehead atoms. The van der Waals surface area contributed by atoms with Crippen LogP contribution < -0.4 is 5.32 Å². The topological polar surface area (TPSA) is 103 Å². The molecule has 3 heterocycles. The van der Waals surface area contributed by atoms with Gasteiger partial charge in [0, 0.05) is 24.5 Å². The second-order valence-electron chi connectivity index (χ2n) is 6.42. The summed E-state index contributed by atoms with van der Waals surface area (Å²) in [6.45, 7) is 6.63. The van der Waals surface area contributed by atoms with Crippen molar-refractivity contribution >= 4 is 22.9 Å². The Labute approximate surface area is 161 Å². The summed E-state index contributed by atoms with van der Waals surface area (Å²) in [5.41, 5.74) is 0.665. The molecule has 146 valence electrons. The van der Waals surface area contributed by atoms with E-state index in [4.69, 9.17) is 4.74 Å². The molecule has 1 aliphatic heterocycles. The van der Waals surface area contributed by atoms with Gasteiger partial charge in [-0.3, -0.25) is 24.5 Å². The lowest BCUT2D eigenvalue weighted by molar-refractivity contribution is -0.386. The van der Waals surface area contributed by atoms with Crippen LogP contribution in [0.5, 0.6) is 0 Å². The van der Waals surface area contributed by atoms with Gasteiger partial charge < -0.3 is 10.1 Å². The molecule has 1 unspecified atom stereocenters. The highest BCUT2D eigenvalue weighted by molar-refractivity contribution is 7.10. The molecule has 0 spiro atoms. The Morgan fingerprint density at radius 1 is 1.44 bits per heavy atom. The minimum Gasteiger partial charge on any atom is -0.379 e. The third kappa shape index (κ3) is 4.52. The maximum Gasteiger partial charge on any atom is 0.312 e. The number of nitrogens with one attached hydrogen (secondary N) is 1. The first-order valence-electron chi connectivity index (χ1n) is 8.77. The number of aromatic nitrogens is 2. The Morgan fingerprint density at radius 2 is 2.19 bits per heavy atom. The van der Waals surface area contributed by atoms with Gasteiger partial charge >= 0.3 is 5.69 Å². The van der Waals surface area contributed by atoms with Crippen LogP contribution in [-0.4, -0.2) is 58.4 Å². The summed E-state index contributed by atoms with van der Waals surface area (Å²) in [7, 11) is 0. The SMILES string of the molecule is Cc1nn(CC(=O)NCC(c2cccs2)N2CCOCC2)c(C)c1[N+](=O)[O-]. The molecule has 0 radical (unpaired) electrons. The standard InChI is InChI=1S/C17H23N5O4S/c1-12-17(22(24)25)13(2)21(19-12)11-16(23)18-10-14(15-4-3-9-27-15)20-5-7-26-8-6-20/h3-4,9,14H,5-8,10-11H2,1-2H3,(H,18,23). The third-order valence-electron chi connectivity index (χ3n) is 4.67. The van der Waals surface area contributed by atoms with E-state index in [0.717, 1.165) is 13.1 Å². The molecule has 0 aromatic carbocycles. The minimum atomic E-state index is -0.461. The summed E-state index contributed by atoms with van der Waals surface area (Å²) < 4.78 is 6.81. The third-order valence-corrected chi connectivity index (χ3v) is 5.64. The Balaban J connectivity index is 1.64. The van der Waals surface area contributed by atoms with E-state index in [1.807, 2.05) is 11.4 Å². The summed E-state index contributed by atoms with van der Waals surface area (Å²) in [4.78, 5) is 26.6. The Morgan fingerprint density at radius 3 is 2.78 bits per heavy atom. The molecule has 1 atom stereocenters. The number of hydrogen-bond acceptors (Lipinski definition) is 7. The number of amides is 1. The smallest absolute Gasteiger partial charge is 0.312 e. The minimum absolute atomic E-state index is 0.0346.